The first-order valence-corrected chi connectivity index (χ1v) is 8.82. The van der Waals surface area contributed by atoms with Gasteiger partial charge in [-0.2, -0.15) is 0 Å². The van der Waals surface area contributed by atoms with Crippen LogP contribution in [0.25, 0.3) is 0 Å². The van der Waals surface area contributed by atoms with Gasteiger partial charge in [-0.3, -0.25) is 9.59 Å². The van der Waals surface area contributed by atoms with Gasteiger partial charge >= 0.3 is 6.03 Å². The predicted octanol–water partition coefficient (Wildman–Crippen LogP) is 1.95. The van der Waals surface area contributed by atoms with Crippen molar-refractivity contribution in [2.45, 2.75) is 38.6 Å². The second-order valence-corrected chi connectivity index (χ2v) is 6.48. The van der Waals surface area contributed by atoms with E-state index in [0.717, 1.165) is 25.1 Å². The average molecular weight is 344 g/mol. The standard InChI is InChI=1S/C18H24N4O3/c1-2-16(23)19-14-6-4-9-21(12-14)18(25)20-13-5-3-7-15(11-13)22-10-8-17(22)24/h3,5,7,11,14H,2,4,6,8-10,12H2,1H3,(H,19,23)(H,20,25). The molecule has 1 aromatic rings. The summed E-state index contributed by atoms with van der Waals surface area (Å²) in [5.74, 6) is 0.119. The largest absolute Gasteiger partial charge is 0.352 e. The van der Waals surface area contributed by atoms with Gasteiger partial charge < -0.3 is 20.4 Å². The zero-order chi connectivity index (χ0) is 17.8. The highest BCUT2D eigenvalue weighted by atomic mass is 16.2. The van der Waals surface area contributed by atoms with Crippen LogP contribution in [0.1, 0.15) is 32.6 Å². The molecule has 1 unspecified atom stereocenters. The molecule has 0 saturated carbocycles. The Hall–Kier alpha value is -2.57. The Morgan fingerprint density at radius 1 is 1.28 bits per heavy atom. The molecule has 4 amide bonds. The van der Waals surface area contributed by atoms with Gasteiger partial charge in [0.05, 0.1) is 0 Å². The van der Waals surface area contributed by atoms with Gasteiger partial charge in [-0.25, -0.2) is 4.79 Å². The molecule has 134 valence electrons. The summed E-state index contributed by atoms with van der Waals surface area (Å²) in [7, 11) is 0. The average Bonchev–Trinajstić information content (AvgIpc) is 2.61. The number of nitrogens with one attached hydrogen (secondary N) is 2. The SMILES string of the molecule is CCC(=O)NC1CCCN(C(=O)Nc2cccc(N3CCC3=O)c2)C1. The predicted molar refractivity (Wildman–Crippen MR) is 95.5 cm³/mol. The minimum Gasteiger partial charge on any atom is -0.352 e. The first kappa shape index (κ1) is 17.3. The van der Waals surface area contributed by atoms with E-state index in [9.17, 15) is 14.4 Å². The summed E-state index contributed by atoms with van der Waals surface area (Å²) in [6.45, 7) is 3.73. The zero-order valence-electron chi connectivity index (χ0n) is 14.5. The van der Waals surface area contributed by atoms with Crippen molar-refractivity contribution in [2.24, 2.45) is 0 Å². The van der Waals surface area contributed by atoms with E-state index in [2.05, 4.69) is 10.6 Å². The fourth-order valence-electron chi connectivity index (χ4n) is 3.15. The highest BCUT2D eigenvalue weighted by Gasteiger charge is 2.26. The van der Waals surface area contributed by atoms with Gasteiger partial charge in [-0.15, -0.1) is 0 Å². The van der Waals surface area contributed by atoms with E-state index in [4.69, 9.17) is 0 Å². The Bertz CT molecular complexity index is 676. The lowest BCUT2D eigenvalue weighted by atomic mass is 10.1. The molecular formula is C18H24N4O3. The number of rotatable bonds is 4. The minimum atomic E-state index is -0.178. The van der Waals surface area contributed by atoms with Crippen LogP contribution >= 0.6 is 0 Å². The van der Waals surface area contributed by atoms with E-state index in [-0.39, 0.29) is 23.9 Å². The molecule has 2 fully saturated rings. The molecular weight excluding hydrogens is 320 g/mol. The fraction of sp³-hybridized carbons (Fsp3) is 0.500. The molecule has 0 bridgehead atoms. The van der Waals surface area contributed by atoms with Crippen LogP contribution in [0.4, 0.5) is 16.2 Å². The maximum atomic E-state index is 12.5. The van der Waals surface area contributed by atoms with Crippen molar-refractivity contribution in [2.75, 3.05) is 29.9 Å². The second kappa shape index (κ2) is 7.55. The normalized spacial score (nSPS) is 20.0. The molecule has 2 aliphatic heterocycles. The molecule has 2 heterocycles. The minimum absolute atomic E-state index is 0.0111. The number of likely N-dealkylation sites (tertiary alicyclic amines) is 1. The smallest absolute Gasteiger partial charge is 0.321 e. The maximum absolute atomic E-state index is 12.5. The number of carbonyl (C=O) groups is 3. The molecule has 2 aliphatic rings. The van der Waals surface area contributed by atoms with Crippen LogP contribution < -0.4 is 15.5 Å². The van der Waals surface area contributed by atoms with Crippen molar-refractivity contribution in [3.63, 3.8) is 0 Å². The second-order valence-electron chi connectivity index (χ2n) is 6.48. The molecule has 7 heteroatoms. The molecule has 1 atom stereocenters. The van der Waals surface area contributed by atoms with Crippen LogP contribution in [0.5, 0.6) is 0 Å². The first-order valence-electron chi connectivity index (χ1n) is 8.82. The van der Waals surface area contributed by atoms with Crippen molar-refractivity contribution < 1.29 is 14.4 Å². The monoisotopic (exact) mass is 344 g/mol. The molecule has 0 radical (unpaired) electrons. The van der Waals surface area contributed by atoms with E-state index < -0.39 is 0 Å². The number of hydrogen-bond acceptors (Lipinski definition) is 3. The van der Waals surface area contributed by atoms with Gasteiger partial charge in [0.15, 0.2) is 0 Å². The number of hydrogen-bond donors (Lipinski definition) is 2. The summed E-state index contributed by atoms with van der Waals surface area (Å²) < 4.78 is 0. The summed E-state index contributed by atoms with van der Waals surface area (Å²) in [6.07, 6.45) is 2.78. The number of piperidine rings is 1. The van der Waals surface area contributed by atoms with Crippen molar-refractivity contribution in [3.05, 3.63) is 24.3 Å². The Morgan fingerprint density at radius 3 is 2.80 bits per heavy atom. The Morgan fingerprint density at radius 2 is 2.12 bits per heavy atom. The third-order valence-corrected chi connectivity index (χ3v) is 4.65. The summed E-state index contributed by atoms with van der Waals surface area (Å²) >= 11 is 0. The maximum Gasteiger partial charge on any atom is 0.321 e. The zero-order valence-corrected chi connectivity index (χ0v) is 14.5. The van der Waals surface area contributed by atoms with E-state index in [1.165, 1.54) is 0 Å². The van der Waals surface area contributed by atoms with E-state index in [1.807, 2.05) is 31.2 Å². The summed E-state index contributed by atoms with van der Waals surface area (Å²) in [5, 5.41) is 5.85. The van der Waals surface area contributed by atoms with Crippen molar-refractivity contribution >= 4 is 29.2 Å². The van der Waals surface area contributed by atoms with Crippen LogP contribution in [-0.4, -0.2) is 48.4 Å². The third kappa shape index (κ3) is 4.10. The van der Waals surface area contributed by atoms with E-state index in [1.54, 1.807) is 9.80 Å². The van der Waals surface area contributed by atoms with Crippen molar-refractivity contribution in [1.29, 1.82) is 0 Å². The third-order valence-electron chi connectivity index (χ3n) is 4.65. The van der Waals surface area contributed by atoms with Crippen LogP contribution in [0.15, 0.2) is 24.3 Å². The first-order chi connectivity index (χ1) is 12.1. The van der Waals surface area contributed by atoms with Gasteiger partial charge in [0.25, 0.3) is 0 Å². The summed E-state index contributed by atoms with van der Waals surface area (Å²) in [6, 6.07) is 7.15. The fourth-order valence-corrected chi connectivity index (χ4v) is 3.15. The van der Waals surface area contributed by atoms with Gasteiger partial charge in [0.1, 0.15) is 0 Å². The van der Waals surface area contributed by atoms with E-state index in [0.29, 0.717) is 31.6 Å². The number of nitrogens with zero attached hydrogens (tertiary/aromatic N) is 2. The topological polar surface area (TPSA) is 81.8 Å². The number of carbonyl (C=O) groups excluding carboxylic acids is 3. The van der Waals surface area contributed by atoms with Gasteiger partial charge in [-0.1, -0.05) is 13.0 Å². The van der Waals surface area contributed by atoms with Gasteiger partial charge in [-0.05, 0) is 31.0 Å². The van der Waals surface area contributed by atoms with Crippen LogP contribution in [0.3, 0.4) is 0 Å². The van der Waals surface area contributed by atoms with Gasteiger partial charge in [0.2, 0.25) is 11.8 Å². The van der Waals surface area contributed by atoms with Crippen LogP contribution in [0.2, 0.25) is 0 Å². The molecule has 3 rings (SSSR count). The molecule has 7 nitrogen and oxygen atoms in total. The lowest BCUT2D eigenvalue weighted by Gasteiger charge is -2.33. The molecule has 2 N–H and O–H groups in total. The Balaban J connectivity index is 1.59. The highest BCUT2D eigenvalue weighted by molar-refractivity contribution is 6.00. The number of amides is 4. The molecule has 1 aromatic carbocycles. The molecule has 0 spiro atoms. The lowest BCUT2D eigenvalue weighted by Crippen LogP contribution is -2.50. The Kier molecular flexibility index (Phi) is 5.21. The number of anilines is 2. The van der Waals surface area contributed by atoms with E-state index >= 15 is 0 Å². The van der Waals surface area contributed by atoms with Gasteiger partial charge in [0, 0.05) is 49.9 Å². The van der Waals surface area contributed by atoms with Crippen molar-refractivity contribution in [3.8, 4) is 0 Å². The highest BCUT2D eigenvalue weighted by Crippen LogP contribution is 2.25. The van der Waals surface area contributed by atoms with Crippen LogP contribution in [-0.2, 0) is 9.59 Å². The number of urea groups is 1. The van der Waals surface area contributed by atoms with Crippen molar-refractivity contribution in [1.82, 2.24) is 10.2 Å². The molecule has 25 heavy (non-hydrogen) atoms. The van der Waals surface area contributed by atoms with Crippen LogP contribution in [0, 0.1) is 0 Å². The number of benzene rings is 1. The molecule has 2 saturated heterocycles. The number of β-lactam (4-membered cyclic amide) rings is 1. The molecule has 0 aromatic heterocycles. The summed E-state index contributed by atoms with van der Waals surface area (Å²) in [4.78, 5) is 39.1. The lowest BCUT2D eigenvalue weighted by molar-refractivity contribution is -0.122. The summed E-state index contributed by atoms with van der Waals surface area (Å²) in [5.41, 5.74) is 1.47. The molecule has 0 aliphatic carbocycles. The quantitative estimate of drug-likeness (QED) is 0.819. The Labute approximate surface area is 147 Å².